The molecular formula is C15H24N4O. The number of aromatic nitrogens is 2. The van der Waals surface area contributed by atoms with Gasteiger partial charge in [0.05, 0.1) is 12.2 Å². The monoisotopic (exact) mass is 276 g/mol. The molecule has 0 aliphatic heterocycles. The summed E-state index contributed by atoms with van der Waals surface area (Å²) in [5.74, 6) is 1.40. The molecule has 2 aliphatic rings. The molecule has 0 spiro atoms. The van der Waals surface area contributed by atoms with Gasteiger partial charge in [0.25, 0.3) is 0 Å². The molecule has 2 aliphatic carbocycles. The van der Waals surface area contributed by atoms with Gasteiger partial charge in [0.1, 0.15) is 0 Å². The highest BCUT2D eigenvalue weighted by Crippen LogP contribution is 2.47. The van der Waals surface area contributed by atoms with Crippen LogP contribution in [0.2, 0.25) is 0 Å². The summed E-state index contributed by atoms with van der Waals surface area (Å²) in [6, 6.07) is 0.0969. The predicted molar refractivity (Wildman–Crippen MR) is 76.8 cm³/mol. The number of carbonyl (C=O) groups is 1. The highest BCUT2D eigenvalue weighted by atomic mass is 16.1. The fourth-order valence-electron chi connectivity index (χ4n) is 3.89. The van der Waals surface area contributed by atoms with Gasteiger partial charge in [-0.1, -0.05) is 0 Å². The van der Waals surface area contributed by atoms with Gasteiger partial charge in [0, 0.05) is 31.5 Å². The number of nitrogens with two attached hydrogens (primary N) is 1. The van der Waals surface area contributed by atoms with Crippen molar-refractivity contribution < 1.29 is 4.79 Å². The lowest BCUT2D eigenvalue weighted by atomic mass is 9.84. The Morgan fingerprint density at radius 2 is 2.20 bits per heavy atom. The Balaban J connectivity index is 1.35. The van der Waals surface area contributed by atoms with E-state index in [-0.39, 0.29) is 17.9 Å². The number of carbonyl (C=O) groups excluding carboxylic acids is 1. The van der Waals surface area contributed by atoms with Crippen LogP contribution < -0.4 is 11.1 Å². The Morgan fingerprint density at radius 1 is 1.35 bits per heavy atom. The highest BCUT2D eigenvalue weighted by molar-refractivity contribution is 5.80. The normalized spacial score (nSPS) is 31.6. The summed E-state index contributed by atoms with van der Waals surface area (Å²) < 4.78 is 2.06. The Morgan fingerprint density at radius 3 is 2.90 bits per heavy atom. The van der Waals surface area contributed by atoms with Gasteiger partial charge in [0.2, 0.25) is 5.91 Å². The Labute approximate surface area is 119 Å². The number of hydrogen-bond acceptors (Lipinski definition) is 3. The van der Waals surface area contributed by atoms with Crippen molar-refractivity contribution >= 4 is 5.91 Å². The van der Waals surface area contributed by atoms with Crippen molar-refractivity contribution in [3.63, 3.8) is 0 Å². The van der Waals surface area contributed by atoms with Crippen LogP contribution in [0, 0.1) is 17.8 Å². The molecule has 5 nitrogen and oxygen atoms in total. The van der Waals surface area contributed by atoms with E-state index in [2.05, 4.69) is 14.9 Å². The van der Waals surface area contributed by atoms with Crippen LogP contribution in [0.25, 0.3) is 0 Å². The summed E-state index contributed by atoms with van der Waals surface area (Å²) in [7, 11) is 0. The third kappa shape index (κ3) is 2.73. The number of imidazole rings is 1. The van der Waals surface area contributed by atoms with Gasteiger partial charge in [-0.25, -0.2) is 4.98 Å². The predicted octanol–water partition coefficient (Wildman–Crippen LogP) is 1.15. The first-order valence-corrected chi connectivity index (χ1v) is 7.75. The van der Waals surface area contributed by atoms with Gasteiger partial charge in [-0.3, -0.25) is 4.79 Å². The average molecular weight is 276 g/mol. The second-order valence-electron chi connectivity index (χ2n) is 6.23. The molecule has 1 aromatic rings. The van der Waals surface area contributed by atoms with Gasteiger partial charge >= 0.3 is 0 Å². The average Bonchev–Trinajstić information content (AvgIpc) is 3.14. The summed E-state index contributed by atoms with van der Waals surface area (Å²) in [5, 5.41) is 3.08. The number of nitrogens with zero attached hydrogens (tertiary/aromatic N) is 2. The minimum atomic E-state index is 0.0717. The maximum atomic E-state index is 12.2. The van der Waals surface area contributed by atoms with Gasteiger partial charge in [0.15, 0.2) is 0 Å². The molecule has 1 aromatic heterocycles. The van der Waals surface area contributed by atoms with Crippen LogP contribution in [0.5, 0.6) is 0 Å². The van der Waals surface area contributed by atoms with Crippen molar-refractivity contribution in [2.45, 2.75) is 44.7 Å². The van der Waals surface area contributed by atoms with E-state index in [0.717, 1.165) is 25.9 Å². The van der Waals surface area contributed by atoms with Gasteiger partial charge in [-0.05, 0) is 43.9 Å². The lowest BCUT2D eigenvalue weighted by molar-refractivity contribution is -0.127. The quantitative estimate of drug-likeness (QED) is 0.766. The van der Waals surface area contributed by atoms with E-state index in [9.17, 15) is 4.79 Å². The third-order valence-corrected chi connectivity index (χ3v) is 4.98. The zero-order chi connectivity index (χ0) is 13.9. The number of hydrogen-bond donors (Lipinski definition) is 2. The molecule has 1 heterocycles. The maximum absolute atomic E-state index is 12.2. The van der Waals surface area contributed by atoms with Crippen molar-refractivity contribution in [1.29, 1.82) is 0 Å². The fourth-order valence-corrected chi connectivity index (χ4v) is 3.89. The zero-order valence-corrected chi connectivity index (χ0v) is 11.9. The number of unbranched alkanes of at least 4 members (excludes halogenated alkanes) is 1. The summed E-state index contributed by atoms with van der Waals surface area (Å²) >= 11 is 0. The lowest BCUT2D eigenvalue weighted by Crippen LogP contribution is -2.45. The molecular weight excluding hydrogens is 252 g/mol. The minimum absolute atomic E-state index is 0.0717. The summed E-state index contributed by atoms with van der Waals surface area (Å²) in [4.78, 5) is 16.2. The van der Waals surface area contributed by atoms with Crippen LogP contribution in [-0.4, -0.2) is 28.0 Å². The number of rotatable bonds is 6. The van der Waals surface area contributed by atoms with Gasteiger partial charge in [-0.15, -0.1) is 0 Å². The zero-order valence-electron chi connectivity index (χ0n) is 11.9. The van der Waals surface area contributed by atoms with Crippen molar-refractivity contribution in [2.75, 3.05) is 6.54 Å². The molecule has 3 N–H and O–H groups in total. The Hall–Kier alpha value is -1.36. The van der Waals surface area contributed by atoms with Gasteiger partial charge in [-0.2, -0.15) is 0 Å². The summed E-state index contributed by atoms with van der Waals surface area (Å²) in [6.45, 7) is 1.72. The van der Waals surface area contributed by atoms with E-state index >= 15 is 0 Å². The van der Waals surface area contributed by atoms with E-state index in [4.69, 9.17) is 5.73 Å². The van der Waals surface area contributed by atoms with Crippen LogP contribution in [0.1, 0.15) is 32.1 Å². The first kappa shape index (κ1) is 13.6. The topological polar surface area (TPSA) is 72.9 Å². The SMILES string of the molecule is NC1C2CCC(C2)C1C(=O)NCCCCn1ccnc1. The largest absolute Gasteiger partial charge is 0.356 e. The number of amides is 1. The maximum Gasteiger partial charge on any atom is 0.224 e. The molecule has 3 rings (SSSR count). The van der Waals surface area contributed by atoms with Gasteiger partial charge < -0.3 is 15.6 Å². The van der Waals surface area contributed by atoms with Crippen LogP contribution >= 0.6 is 0 Å². The smallest absolute Gasteiger partial charge is 0.224 e. The molecule has 2 bridgehead atoms. The number of nitrogens with one attached hydrogen (secondary N) is 1. The van der Waals surface area contributed by atoms with Crippen molar-refractivity contribution in [3.8, 4) is 0 Å². The molecule has 1 amide bonds. The van der Waals surface area contributed by atoms with E-state index in [1.165, 1.54) is 19.3 Å². The molecule has 4 atom stereocenters. The van der Waals surface area contributed by atoms with Crippen LogP contribution in [0.4, 0.5) is 0 Å². The molecule has 5 heteroatoms. The molecule has 110 valence electrons. The van der Waals surface area contributed by atoms with E-state index in [0.29, 0.717) is 11.8 Å². The first-order valence-electron chi connectivity index (χ1n) is 7.75. The minimum Gasteiger partial charge on any atom is -0.356 e. The number of fused-ring (bicyclic) bond motifs is 2. The Bertz CT molecular complexity index is 443. The number of aryl methyl sites for hydroxylation is 1. The van der Waals surface area contributed by atoms with E-state index in [1.54, 1.807) is 6.20 Å². The first-order chi connectivity index (χ1) is 9.75. The van der Waals surface area contributed by atoms with E-state index < -0.39 is 0 Å². The standard InChI is InChI=1S/C15H24N4O/c16-14-12-4-3-11(9-12)13(14)15(20)18-5-1-2-7-19-8-6-17-10-19/h6,8,10-14H,1-5,7,9,16H2,(H,18,20). The van der Waals surface area contributed by atoms with Crippen LogP contribution in [0.15, 0.2) is 18.7 Å². The third-order valence-electron chi connectivity index (χ3n) is 4.98. The molecule has 4 unspecified atom stereocenters. The van der Waals surface area contributed by atoms with Crippen molar-refractivity contribution in [3.05, 3.63) is 18.7 Å². The van der Waals surface area contributed by atoms with E-state index in [1.807, 2.05) is 12.5 Å². The molecule has 20 heavy (non-hydrogen) atoms. The summed E-state index contributed by atoms with van der Waals surface area (Å²) in [5.41, 5.74) is 6.19. The second-order valence-corrected chi connectivity index (χ2v) is 6.23. The fraction of sp³-hybridized carbons (Fsp3) is 0.733. The molecule has 0 saturated heterocycles. The molecule has 2 saturated carbocycles. The molecule has 0 radical (unpaired) electrons. The van der Waals surface area contributed by atoms with Crippen LogP contribution in [-0.2, 0) is 11.3 Å². The molecule has 2 fully saturated rings. The summed E-state index contributed by atoms with van der Waals surface area (Å²) in [6.07, 6.45) is 11.2. The lowest BCUT2D eigenvalue weighted by Gasteiger charge is -2.27. The van der Waals surface area contributed by atoms with Crippen molar-refractivity contribution in [2.24, 2.45) is 23.5 Å². The Kier molecular flexibility index (Phi) is 4.05. The van der Waals surface area contributed by atoms with Crippen LogP contribution in [0.3, 0.4) is 0 Å². The molecule has 0 aromatic carbocycles. The van der Waals surface area contributed by atoms with Crippen molar-refractivity contribution in [1.82, 2.24) is 14.9 Å². The highest BCUT2D eigenvalue weighted by Gasteiger charge is 2.48. The second kappa shape index (κ2) is 5.95.